The van der Waals surface area contributed by atoms with Gasteiger partial charge in [-0.3, -0.25) is 4.79 Å². The Morgan fingerprint density at radius 1 is 1.30 bits per heavy atom. The quantitative estimate of drug-likeness (QED) is 0.741. The van der Waals surface area contributed by atoms with Crippen LogP contribution in [0.15, 0.2) is 0 Å². The molecule has 2 rings (SSSR count). The van der Waals surface area contributed by atoms with Crippen LogP contribution in [0.5, 0.6) is 0 Å². The zero-order valence-corrected chi connectivity index (χ0v) is 12.1. The number of hydrogen-bond donors (Lipinski definition) is 0. The fourth-order valence-corrected chi connectivity index (χ4v) is 3.11. The lowest BCUT2D eigenvalue weighted by molar-refractivity contribution is -0.327. The van der Waals surface area contributed by atoms with E-state index in [0.29, 0.717) is 19.4 Å². The molecule has 5 nitrogen and oxygen atoms in total. The molecule has 0 aromatic heterocycles. The molecule has 112 valence electrons. The van der Waals surface area contributed by atoms with Gasteiger partial charge >= 0.3 is 5.97 Å². The molecule has 1 heterocycles. The van der Waals surface area contributed by atoms with Crippen LogP contribution in [-0.4, -0.2) is 30.6 Å². The van der Waals surface area contributed by atoms with Crippen molar-refractivity contribution in [1.82, 2.24) is 0 Å². The molecule has 2 aliphatic rings. The van der Waals surface area contributed by atoms with Gasteiger partial charge < -0.3 is 14.2 Å². The molecule has 1 spiro atoms. The fourth-order valence-electron chi connectivity index (χ4n) is 3.11. The van der Waals surface area contributed by atoms with Crippen LogP contribution in [-0.2, 0) is 19.0 Å². The monoisotopic (exact) mass is 281 g/mol. The van der Waals surface area contributed by atoms with E-state index in [9.17, 15) is 4.79 Å². The lowest BCUT2D eigenvalue weighted by Crippen LogP contribution is -2.50. The maximum atomic E-state index is 11.6. The first-order valence-corrected chi connectivity index (χ1v) is 7.55. The number of carbonyl (C=O) groups excluding carboxylic acids is 1. The summed E-state index contributed by atoms with van der Waals surface area (Å²) < 4.78 is 17.1. The number of ether oxygens (including phenoxy) is 3. The normalized spacial score (nSPS) is 28.8. The van der Waals surface area contributed by atoms with Gasteiger partial charge in [-0.15, -0.1) is 0 Å². The van der Waals surface area contributed by atoms with Crippen LogP contribution in [0.3, 0.4) is 0 Å². The molecule has 0 bridgehead atoms. The maximum absolute atomic E-state index is 11.6. The minimum atomic E-state index is -0.574. The molecule has 20 heavy (non-hydrogen) atoms. The molecule has 0 aromatic rings. The Bertz CT molecular complexity index is 371. The third-order valence-corrected chi connectivity index (χ3v) is 3.92. The van der Waals surface area contributed by atoms with Crippen molar-refractivity contribution in [2.24, 2.45) is 0 Å². The minimum absolute atomic E-state index is 0.133. The molecule has 1 aliphatic carbocycles. The minimum Gasteiger partial charge on any atom is -0.466 e. The number of nitriles is 1. The SMILES string of the molecule is CCOC(=O)CC1CC(CC#N)OC2(CCCCC2)O1. The van der Waals surface area contributed by atoms with Gasteiger partial charge in [0.2, 0.25) is 0 Å². The van der Waals surface area contributed by atoms with Crippen molar-refractivity contribution < 1.29 is 19.0 Å². The average Bonchev–Trinajstić information content (AvgIpc) is 2.39. The molecule has 0 amide bonds. The molecular weight excluding hydrogens is 258 g/mol. The molecule has 0 N–H and O–H groups in total. The van der Waals surface area contributed by atoms with Crippen molar-refractivity contribution in [2.45, 2.75) is 76.3 Å². The standard InChI is InChI=1S/C15H23NO4/c1-2-18-14(17)11-13-10-12(6-9-16)19-15(20-13)7-4-3-5-8-15/h12-13H,2-8,10-11H2,1H3. The summed E-state index contributed by atoms with van der Waals surface area (Å²) in [5.74, 6) is -0.809. The Kier molecular flexibility index (Phi) is 5.38. The second kappa shape index (κ2) is 7.05. The molecular formula is C15H23NO4. The van der Waals surface area contributed by atoms with Gasteiger partial charge in [-0.1, -0.05) is 6.42 Å². The predicted octanol–water partition coefficient (Wildman–Crippen LogP) is 2.69. The molecule has 0 aromatic carbocycles. The largest absolute Gasteiger partial charge is 0.466 e. The summed E-state index contributed by atoms with van der Waals surface area (Å²) in [5.41, 5.74) is 0. The van der Waals surface area contributed by atoms with Crippen LogP contribution in [0.1, 0.15) is 58.3 Å². The van der Waals surface area contributed by atoms with Crippen molar-refractivity contribution in [1.29, 1.82) is 5.26 Å². The highest BCUT2D eigenvalue weighted by molar-refractivity contribution is 5.69. The van der Waals surface area contributed by atoms with Crippen molar-refractivity contribution in [2.75, 3.05) is 6.61 Å². The Morgan fingerprint density at radius 3 is 2.65 bits per heavy atom. The highest BCUT2D eigenvalue weighted by Crippen LogP contribution is 2.40. The van der Waals surface area contributed by atoms with Gasteiger partial charge in [0.25, 0.3) is 0 Å². The summed E-state index contributed by atoms with van der Waals surface area (Å²) in [4.78, 5) is 11.6. The van der Waals surface area contributed by atoms with Crippen LogP contribution >= 0.6 is 0 Å². The molecule has 2 unspecified atom stereocenters. The second-order valence-corrected chi connectivity index (χ2v) is 5.56. The van der Waals surface area contributed by atoms with E-state index >= 15 is 0 Å². The molecule has 1 saturated carbocycles. The zero-order valence-electron chi connectivity index (χ0n) is 12.1. The summed E-state index contributed by atoms with van der Waals surface area (Å²) in [6, 6.07) is 2.16. The van der Waals surface area contributed by atoms with E-state index < -0.39 is 5.79 Å². The molecule has 0 radical (unpaired) electrons. The first-order chi connectivity index (χ1) is 9.67. The van der Waals surface area contributed by atoms with E-state index in [1.54, 1.807) is 6.92 Å². The zero-order chi connectivity index (χ0) is 14.4. The smallest absolute Gasteiger partial charge is 0.308 e. The topological polar surface area (TPSA) is 68.6 Å². The Morgan fingerprint density at radius 2 is 2.00 bits per heavy atom. The van der Waals surface area contributed by atoms with Crippen LogP contribution in [0.4, 0.5) is 0 Å². The van der Waals surface area contributed by atoms with E-state index in [0.717, 1.165) is 25.7 Å². The molecule has 1 saturated heterocycles. The summed E-state index contributed by atoms with van der Waals surface area (Å²) in [5, 5.41) is 8.90. The Balaban J connectivity index is 2.00. The molecule has 5 heteroatoms. The number of carbonyl (C=O) groups is 1. The van der Waals surface area contributed by atoms with Crippen LogP contribution in [0, 0.1) is 11.3 Å². The highest BCUT2D eigenvalue weighted by atomic mass is 16.7. The number of esters is 1. The van der Waals surface area contributed by atoms with Crippen LogP contribution in [0.2, 0.25) is 0 Å². The van der Waals surface area contributed by atoms with Crippen molar-refractivity contribution in [3.05, 3.63) is 0 Å². The first kappa shape index (κ1) is 15.3. The van der Waals surface area contributed by atoms with Crippen molar-refractivity contribution in [3.8, 4) is 6.07 Å². The van der Waals surface area contributed by atoms with Gasteiger partial charge in [-0.05, 0) is 19.8 Å². The van der Waals surface area contributed by atoms with Crippen molar-refractivity contribution in [3.63, 3.8) is 0 Å². The second-order valence-electron chi connectivity index (χ2n) is 5.56. The lowest BCUT2D eigenvalue weighted by Gasteiger charge is -2.46. The molecule has 2 atom stereocenters. The third-order valence-electron chi connectivity index (χ3n) is 3.92. The third kappa shape index (κ3) is 3.94. The van der Waals surface area contributed by atoms with Gasteiger partial charge in [0, 0.05) is 19.3 Å². The predicted molar refractivity (Wildman–Crippen MR) is 71.7 cm³/mol. The van der Waals surface area contributed by atoms with Gasteiger partial charge in [-0.25, -0.2) is 0 Å². The molecule has 1 aliphatic heterocycles. The fraction of sp³-hybridized carbons (Fsp3) is 0.867. The highest BCUT2D eigenvalue weighted by Gasteiger charge is 2.43. The van der Waals surface area contributed by atoms with E-state index in [1.807, 2.05) is 0 Å². The summed E-state index contributed by atoms with van der Waals surface area (Å²) in [7, 11) is 0. The maximum Gasteiger partial charge on any atom is 0.308 e. The summed E-state index contributed by atoms with van der Waals surface area (Å²) >= 11 is 0. The van der Waals surface area contributed by atoms with E-state index in [-0.39, 0.29) is 24.6 Å². The van der Waals surface area contributed by atoms with E-state index in [2.05, 4.69) is 6.07 Å². The number of nitrogens with zero attached hydrogens (tertiary/aromatic N) is 1. The Hall–Kier alpha value is -1.12. The summed E-state index contributed by atoms with van der Waals surface area (Å²) in [6.07, 6.45) is 5.92. The number of rotatable bonds is 4. The van der Waals surface area contributed by atoms with Crippen LogP contribution in [0.25, 0.3) is 0 Å². The van der Waals surface area contributed by atoms with Gasteiger partial charge in [0.1, 0.15) is 0 Å². The summed E-state index contributed by atoms with van der Waals surface area (Å²) in [6.45, 7) is 2.18. The number of hydrogen-bond acceptors (Lipinski definition) is 5. The van der Waals surface area contributed by atoms with Crippen molar-refractivity contribution >= 4 is 5.97 Å². The van der Waals surface area contributed by atoms with Gasteiger partial charge in [-0.2, -0.15) is 5.26 Å². The average molecular weight is 281 g/mol. The molecule has 2 fully saturated rings. The van der Waals surface area contributed by atoms with E-state index in [1.165, 1.54) is 6.42 Å². The van der Waals surface area contributed by atoms with Gasteiger partial charge in [0.05, 0.1) is 37.7 Å². The van der Waals surface area contributed by atoms with Gasteiger partial charge in [0.15, 0.2) is 5.79 Å². The lowest BCUT2D eigenvalue weighted by atomic mass is 9.91. The first-order valence-electron chi connectivity index (χ1n) is 7.55. The van der Waals surface area contributed by atoms with Crippen LogP contribution < -0.4 is 0 Å². The van der Waals surface area contributed by atoms with E-state index in [4.69, 9.17) is 19.5 Å². The Labute approximate surface area is 120 Å².